The molecule has 22 heavy (non-hydrogen) atoms. The second kappa shape index (κ2) is 5.44. The highest BCUT2D eigenvalue weighted by Gasteiger charge is 2.33. The minimum atomic E-state index is -0.461. The van der Waals surface area contributed by atoms with Crippen LogP contribution in [0.15, 0.2) is 30.5 Å². The second-order valence-electron chi connectivity index (χ2n) is 6.48. The number of ether oxygens (including phenoxy) is 1. The van der Waals surface area contributed by atoms with Gasteiger partial charge in [-0.15, -0.1) is 0 Å². The molecule has 1 aromatic heterocycles. The number of hydrogen-bond acceptors (Lipinski definition) is 5. The predicted molar refractivity (Wildman–Crippen MR) is 84.8 cm³/mol. The van der Waals surface area contributed by atoms with Crippen LogP contribution in [0, 0.1) is 0 Å². The smallest absolute Gasteiger partial charge is 0.410 e. The van der Waals surface area contributed by atoms with Gasteiger partial charge in [0.25, 0.3) is 0 Å². The molecule has 3 rings (SSSR count). The van der Waals surface area contributed by atoms with Gasteiger partial charge in [-0.25, -0.2) is 14.8 Å². The molecule has 1 aliphatic heterocycles. The normalized spacial score (nSPS) is 15.5. The molecule has 6 heteroatoms. The zero-order chi connectivity index (χ0) is 15.7. The summed E-state index contributed by atoms with van der Waals surface area (Å²) in [5.74, 6) is 0.590. The van der Waals surface area contributed by atoms with E-state index in [2.05, 4.69) is 15.3 Å². The Morgan fingerprint density at radius 3 is 2.77 bits per heavy atom. The Morgan fingerprint density at radius 2 is 2.05 bits per heavy atom. The van der Waals surface area contributed by atoms with Gasteiger partial charge in [0.2, 0.25) is 5.95 Å². The lowest BCUT2D eigenvalue weighted by molar-refractivity contribution is 0.0104. The summed E-state index contributed by atoms with van der Waals surface area (Å²) in [6.07, 6.45) is 1.53. The lowest BCUT2D eigenvalue weighted by Crippen LogP contribution is -2.58. The van der Waals surface area contributed by atoms with Crippen LogP contribution in [0.4, 0.5) is 10.7 Å². The van der Waals surface area contributed by atoms with Crippen molar-refractivity contribution < 1.29 is 9.53 Å². The van der Waals surface area contributed by atoms with Gasteiger partial charge in [0, 0.05) is 24.7 Å². The Balaban J connectivity index is 1.56. The summed E-state index contributed by atoms with van der Waals surface area (Å²) in [7, 11) is 0. The van der Waals surface area contributed by atoms with Crippen LogP contribution in [0.2, 0.25) is 0 Å². The molecule has 0 atom stereocenters. The third-order valence-electron chi connectivity index (χ3n) is 3.36. The van der Waals surface area contributed by atoms with Crippen molar-refractivity contribution in [2.24, 2.45) is 0 Å². The summed E-state index contributed by atoms with van der Waals surface area (Å²) in [6, 6.07) is 8.01. The molecule has 1 amide bonds. The largest absolute Gasteiger partial charge is 0.444 e. The lowest BCUT2D eigenvalue weighted by atomic mass is 10.1. The SMILES string of the molecule is CC(C)(C)OC(=O)N1CC(Nc2ncc3ccccc3n2)C1. The van der Waals surface area contributed by atoms with Crippen LogP contribution in [0.1, 0.15) is 20.8 Å². The number of aromatic nitrogens is 2. The third-order valence-corrected chi connectivity index (χ3v) is 3.36. The van der Waals surface area contributed by atoms with E-state index in [9.17, 15) is 4.79 Å². The Kier molecular flexibility index (Phi) is 3.60. The highest BCUT2D eigenvalue weighted by molar-refractivity contribution is 5.78. The van der Waals surface area contributed by atoms with E-state index >= 15 is 0 Å². The average Bonchev–Trinajstić information content (AvgIpc) is 2.40. The first-order chi connectivity index (χ1) is 10.4. The molecule has 1 N–H and O–H groups in total. The van der Waals surface area contributed by atoms with Crippen molar-refractivity contribution in [3.05, 3.63) is 30.5 Å². The fourth-order valence-electron chi connectivity index (χ4n) is 2.27. The molecule has 0 bridgehead atoms. The van der Waals surface area contributed by atoms with Gasteiger partial charge in [-0.05, 0) is 26.8 Å². The number of anilines is 1. The first kappa shape index (κ1) is 14.6. The number of carbonyl (C=O) groups is 1. The molecule has 2 heterocycles. The maximum atomic E-state index is 11.9. The molecule has 0 saturated carbocycles. The van der Waals surface area contributed by atoms with E-state index in [-0.39, 0.29) is 12.1 Å². The number of para-hydroxylation sites is 1. The number of benzene rings is 1. The summed E-state index contributed by atoms with van der Waals surface area (Å²) in [6.45, 7) is 6.80. The summed E-state index contributed by atoms with van der Waals surface area (Å²) in [4.78, 5) is 22.3. The van der Waals surface area contributed by atoms with E-state index in [1.54, 1.807) is 11.1 Å². The molecule has 1 aliphatic rings. The molecular weight excluding hydrogens is 280 g/mol. The summed E-state index contributed by atoms with van der Waals surface area (Å²) in [5, 5.41) is 4.26. The highest BCUT2D eigenvalue weighted by atomic mass is 16.6. The van der Waals surface area contributed by atoms with E-state index in [0.29, 0.717) is 19.0 Å². The lowest BCUT2D eigenvalue weighted by Gasteiger charge is -2.39. The molecule has 1 fully saturated rings. The molecule has 0 radical (unpaired) electrons. The van der Waals surface area contributed by atoms with Crippen molar-refractivity contribution in [1.29, 1.82) is 0 Å². The molecular formula is C16H20N4O2. The molecule has 116 valence electrons. The van der Waals surface area contributed by atoms with Gasteiger partial charge in [-0.1, -0.05) is 18.2 Å². The number of hydrogen-bond donors (Lipinski definition) is 1. The summed E-state index contributed by atoms with van der Waals surface area (Å²) in [5.41, 5.74) is 0.445. The Morgan fingerprint density at radius 1 is 1.32 bits per heavy atom. The van der Waals surface area contributed by atoms with E-state index in [4.69, 9.17) is 4.74 Å². The van der Waals surface area contributed by atoms with Crippen molar-refractivity contribution >= 4 is 22.9 Å². The van der Waals surface area contributed by atoms with Gasteiger partial charge in [-0.3, -0.25) is 0 Å². The van der Waals surface area contributed by atoms with E-state index in [1.165, 1.54) is 0 Å². The Bertz CT molecular complexity index is 690. The van der Waals surface area contributed by atoms with Crippen LogP contribution in [0.25, 0.3) is 10.9 Å². The highest BCUT2D eigenvalue weighted by Crippen LogP contribution is 2.18. The topological polar surface area (TPSA) is 67.3 Å². The fourth-order valence-corrected chi connectivity index (χ4v) is 2.27. The van der Waals surface area contributed by atoms with Gasteiger partial charge in [-0.2, -0.15) is 0 Å². The van der Waals surface area contributed by atoms with Crippen LogP contribution >= 0.6 is 0 Å². The number of fused-ring (bicyclic) bond motifs is 1. The van der Waals surface area contributed by atoms with Gasteiger partial charge < -0.3 is 15.0 Å². The minimum Gasteiger partial charge on any atom is -0.444 e. The number of amides is 1. The van der Waals surface area contributed by atoms with Crippen molar-refractivity contribution in [3.8, 4) is 0 Å². The standard InChI is InChI=1S/C16H20N4O2/c1-16(2,3)22-15(21)20-9-12(10-20)18-14-17-8-11-6-4-5-7-13(11)19-14/h4-8,12H,9-10H2,1-3H3,(H,17,18,19). The van der Waals surface area contributed by atoms with Gasteiger partial charge in [0.15, 0.2) is 0 Å². The number of rotatable bonds is 2. The van der Waals surface area contributed by atoms with Crippen LogP contribution in [0.3, 0.4) is 0 Å². The van der Waals surface area contributed by atoms with Gasteiger partial charge in [0.05, 0.1) is 11.6 Å². The predicted octanol–water partition coefficient (Wildman–Crippen LogP) is 2.66. The van der Waals surface area contributed by atoms with E-state index in [1.807, 2.05) is 45.0 Å². The molecule has 0 spiro atoms. The number of likely N-dealkylation sites (tertiary alicyclic amines) is 1. The van der Waals surface area contributed by atoms with Crippen LogP contribution in [-0.4, -0.2) is 45.7 Å². The van der Waals surface area contributed by atoms with Gasteiger partial charge >= 0.3 is 6.09 Å². The van der Waals surface area contributed by atoms with Crippen molar-refractivity contribution in [1.82, 2.24) is 14.9 Å². The molecule has 2 aromatic rings. The minimum absolute atomic E-state index is 0.161. The van der Waals surface area contributed by atoms with Gasteiger partial charge in [0.1, 0.15) is 5.60 Å². The molecule has 1 aromatic carbocycles. The Hall–Kier alpha value is -2.37. The van der Waals surface area contributed by atoms with Crippen LogP contribution in [-0.2, 0) is 4.74 Å². The number of nitrogens with zero attached hydrogens (tertiary/aromatic N) is 3. The monoisotopic (exact) mass is 300 g/mol. The molecule has 1 saturated heterocycles. The maximum absolute atomic E-state index is 11.9. The fraction of sp³-hybridized carbons (Fsp3) is 0.438. The molecule has 0 aliphatic carbocycles. The number of carbonyl (C=O) groups excluding carboxylic acids is 1. The second-order valence-corrected chi connectivity index (χ2v) is 6.48. The molecule has 6 nitrogen and oxygen atoms in total. The van der Waals surface area contributed by atoms with Crippen molar-refractivity contribution in [2.45, 2.75) is 32.4 Å². The maximum Gasteiger partial charge on any atom is 0.410 e. The first-order valence-electron chi connectivity index (χ1n) is 7.37. The molecule has 0 unspecified atom stereocenters. The first-order valence-corrected chi connectivity index (χ1v) is 7.37. The average molecular weight is 300 g/mol. The quantitative estimate of drug-likeness (QED) is 0.923. The van der Waals surface area contributed by atoms with Crippen LogP contribution in [0.5, 0.6) is 0 Å². The Labute approximate surface area is 129 Å². The summed E-state index contributed by atoms with van der Waals surface area (Å²) >= 11 is 0. The zero-order valence-corrected chi connectivity index (χ0v) is 13.0. The summed E-state index contributed by atoms with van der Waals surface area (Å²) < 4.78 is 5.33. The van der Waals surface area contributed by atoms with E-state index in [0.717, 1.165) is 10.9 Å². The number of nitrogens with one attached hydrogen (secondary N) is 1. The van der Waals surface area contributed by atoms with Crippen molar-refractivity contribution in [3.63, 3.8) is 0 Å². The van der Waals surface area contributed by atoms with Crippen LogP contribution < -0.4 is 5.32 Å². The van der Waals surface area contributed by atoms with Crippen molar-refractivity contribution in [2.75, 3.05) is 18.4 Å². The zero-order valence-electron chi connectivity index (χ0n) is 13.0. The van der Waals surface area contributed by atoms with E-state index < -0.39 is 5.60 Å². The third kappa shape index (κ3) is 3.27.